The van der Waals surface area contributed by atoms with Crippen LogP contribution in [0.4, 0.5) is 0 Å². The maximum absolute atomic E-state index is 11.9. The Labute approximate surface area is 109 Å². The molecule has 0 aliphatic carbocycles. The van der Waals surface area contributed by atoms with Gasteiger partial charge in [-0.25, -0.2) is 9.48 Å². The van der Waals surface area contributed by atoms with Crippen LogP contribution in [0, 0.1) is 0 Å². The van der Waals surface area contributed by atoms with E-state index in [-0.39, 0.29) is 24.7 Å². The maximum Gasteiger partial charge on any atom is 0.350 e. The standard InChI is InChI=1S/C12H16N4O3/c1-12(2,8-17)13-10(18)7-16-11(19)15-6-4-3-5-9(15)14-16/h3-6,17H,7-8H2,1-2H3,(H,13,18). The number of carbonyl (C=O) groups excluding carboxylic acids is 1. The number of nitrogens with zero attached hydrogens (tertiary/aromatic N) is 3. The largest absolute Gasteiger partial charge is 0.394 e. The molecule has 0 radical (unpaired) electrons. The molecule has 2 aromatic rings. The lowest BCUT2D eigenvalue weighted by Gasteiger charge is -2.23. The number of pyridine rings is 1. The van der Waals surface area contributed by atoms with E-state index in [9.17, 15) is 9.59 Å². The highest BCUT2D eigenvalue weighted by Crippen LogP contribution is 2.00. The molecule has 2 aromatic heterocycles. The summed E-state index contributed by atoms with van der Waals surface area (Å²) in [7, 11) is 0. The average Bonchev–Trinajstić information content (AvgIpc) is 2.66. The van der Waals surface area contributed by atoms with E-state index < -0.39 is 5.54 Å². The fourth-order valence-electron chi connectivity index (χ4n) is 1.66. The van der Waals surface area contributed by atoms with Gasteiger partial charge in [-0.1, -0.05) is 6.07 Å². The van der Waals surface area contributed by atoms with Crippen molar-refractivity contribution in [1.29, 1.82) is 0 Å². The molecular weight excluding hydrogens is 248 g/mol. The Kier molecular flexibility index (Phi) is 3.39. The topological polar surface area (TPSA) is 88.6 Å². The number of hydrogen-bond acceptors (Lipinski definition) is 4. The van der Waals surface area contributed by atoms with Crippen molar-refractivity contribution in [2.45, 2.75) is 25.9 Å². The number of aliphatic hydroxyl groups is 1. The Balaban J connectivity index is 2.20. The first-order valence-electron chi connectivity index (χ1n) is 5.89. The quantitative estimate of drug-likeness (QED) is 0.770. The van der Waals surface area contributed by atoms with Crippen molar-refractivity contribution < 1.29 is 9.90 Å². The summed E-state index contributed by atoms with van der Waals surface area (Å²) in [5.41, 5.74) is -0.603. The zero-order valence-electron chi connectivity index (χ0n) is 10.8. The molecule has 0 aliphatic rings. The van der Waals surface area contributed by atoms with Crippen LogP contribution in [0.3, 0.4) is 0 Å². The van der Waals surface area contributed by atoms with Crippen LogP contribution < -0.4 is 11.0 Å². The molecule has 0 unspecified atom stereocenters. The van der Waals surface area contributed by atoms with Crippen molar-refractivity contribution in [3.05, 3.63) is 34.9 Å². The van der Waals surface area contributed by atoms with Crippen molar-refractivity contribution in [2.24, 2.45) is 0 Å². The van der Waals surface area contributed by atoms with Gasteiger partial charge in [0.15, 0.2) is 5.65 Å². The molecule has 1 amide bonds. The maximum atomic E-state index is 11.9. The van der Waals surface area contributed by atoms with Gasteiger partial charge < -0.3 is 10.4 Å². The number of amides is 1. The summed E-state index contributed by atoms with van der Waals surface area (Å²) in [6.07, 6.45) is 1.59. The number of hydrogen-bond donors (Lipinski definition) is 2. The first-order valence-corrected chi connectivity index (χ1v) is 5.89. The van der Waals surface area contributed by atoms with Gasteiger partial charge in [0, 0.05) is 6.20 Å². The van der Waals surface area contributed by atoms with Crippen LogP contribution in [0.15, 0.2) is 29.2 Å². The molecule has 0 aromatic carbocycles. The number of rotatable bonds is 4. The van der Waals surface area contributed by atoms with Crippen molar-refractivity contribution in [3.8, 4) is 0 Å². The number of nitrogens with one attached hydrogen (secondary N) is 1. The molecule has 0 spiro atoms. The van der Waals surface area contributed by atoms with E-state index in [1.54, 1.807) is 38.2 Å². The van der Waals surface area contributed by atoms with E-state index in [1.165, 1.54) is 4.40 Å². The van der Waals surface area contributed by atoms with E-state index in [0.717, 1.165) is 4.68 Å². The van der Waals surface area contributed by atoms with Crippen LogP contribution in [-0.4, -0.2) is 37.3 Å². The molecule has 7 heteroatoms. The predicted octanol–water partition coefficient (Wildman–Crippen LogP) is -0.617. The van der Waals surface area contributed by atoms with Crippen molar-refractivity contribution >= 4 is 11.6 Å². The van der Waals surface area contributed by atoms with Crippen molar-refractivity contribution in [2.75, 3.05) is 6.61 Å². The number of aromatic nitrogens is 3. The van der Waals surface area contributed by atoms with Gasteiger partial charge >= 0.3 is 5.69 Å². The summed E-state index contributed by atoms with van der Waals surface area (Å²) < 4.78 is 2.46. The Morgan fingerprint density at radius 3 is 2.84 bits per heavy atom. The fraction of sp³-hybridized carbons (Fsp3) is 0.417. The predicted molar refractivity (Wildman–Crippen MR) is 68.8 cm³/mol. The third-order valence-corrected chi connectivity index (χ3v) is 2.65. The number of carbonyl (C=O) groups is 1. The van der Waals surface area contributed by atoms with Crippen LogP contribution >= 0.6 is 0 Å². The summed E-state index contributed by atoms with van der Waals surface area (Å²) in [6.45, 7) is 3.03. The minimum Gasteiger partial charge on any atom is -0.394 e. The highest BCUT2D eigenvalue weighted by Gasteiger charge is 2.20. The van der Waals surface area contributed by atoms with Crippen molar-refractivity contribution in [1.82, 2.24) is 19.5 Å². The zero-order chi connectivity index (χ0) is 14.0. The summed E-state index contributed by atoms with van der Waals surface area (Å²) in [6, 6.07) is 5.17. The lowest BCUT2D eigenvalue weighted by Crippen LogP contribution is -2.48. The normalized spacial score (nSPS) is 11.7. The Morgan fingerprint density at radius 1 is 1.47 bits per heavy atom. The summed E-state index contributed by atoms with van der Waals surface area (Å²) in [5.74, 6) is -0.371. The molecule has 2 N–H and O–H groups in total. The van der Waals surface area contributed by atoms with Gasteiger partial charge in [0.2, 0.25) is 5.91 Å². The van der Waals surface area contributed by atoms with Gasteiger partial charge in [0.25, 0.3) is 0 Å². The third-order valence-electron chi connectivity index (χ3n) is 2.65. The van der Waals surface area contributed by atoms with Crippen molar-refractivity contribution in [3.63, 3.8) is 0 Å². The molecule has 0 saturated carbocycles. The minimum absolute atomic E-state index is 0.177. The highest BCUT2D eigenvalue weighted by atomic mass is 16.3. The van der Waals surface area contributed by atoms with Gasteiger partial charge in [0.05, 0.1) is 12.1 Å². The molecule has 19 heavy (non-hydrogen) atoms. The third kappa shape index (κ3) is 2.82. The Bertz CT molecular complexity index is 656. The number of aliphatic hydroxyl groups excluding tert-OH is 1. The summed E-state index contributed by atoms with van der Waals surface area (Å²) >= 11 is 0. The SMILES string of the molecule is CC(C)(CO)NC(=O)Cn1nc2ccccn2c1=O. The monoisotopic (exact) mass is 264 g/mol. The molecule has 0 aliphatic heterocycles. The van der Waals surface area contributed by atoms with Gasteiger partial charge in [-0.3, -0.25) is 9.20 Å². The summed E-state index contributed by atoms with van der Waals surface area (Å²) in [5, 5.41) is 15.8. The molecule has 102 valence electrons. The summed E-state index contributed by atoms with van der Waals surface area (Å²) in [4.78, 5) is 23.7. The fourth-order valence-corrected chi connectivity index (χ4v) is 1.66. The lowest BCUT2D eigenvalue weighted by molar-refractivity contribution is -0.124. The molecule has 0 fully saturated rings. The van der Waals surface area contributed by atoms with Gasteiger partial charge in [-0.2, -0.15) is 0 Å². The molecular formula is C12H16N4O3. The molecule has 0 saturated heterocycles. The van der Waals surface area contributed by atoms with Gasteiger partial charge in [0.1, 0.15) is 6.54 Å². The van der Waals surface area contributed by atoms with Crippen LogP contribution in [-0.2, 0) is 11.3 Å². The van der Waals surface area contributed by atoms with Gasteiger partial charge in [-0.05, 0) is 26.0 Å². The second-order valence-corrected chi connectivity index (χ2v) is 4.96. The van der Waals surface area contributed by atoms with Gasteiger partial charge in [-0.15, -0.1) is 5.10 Å². The molecule has 2 rings (SSSR count). The zero-order valence-corrected chi connectivity index (χ0v) is 10.8. The van der Waals surface area contributed by atoms with E-state index in [4.69, 9.17) is 5.11 Å². The Morgan fingerprint density at radius 2 is 2.21 bits per heavy atom. The van der Waals surface area contributed by atoms with E-state index in [0.29, 0.717) is 5.65 Å². The van der Waals surface area contributed by atoms with E-state index in [1.807, 2.05) is 0 Å². The highest BCUT2D eigenvalue weighted by molar-refractivity contribution is 5.76. The minimum atomic E-state index is -0.722. The lowest BCUT2D eigenvalue weighted by atomic mass is 10.1. The average molecular weight is 264 g/mol. The van der Waals surface area contributed by atoms with Crippen LogP contribution in [0.5, 0.6) is 0 Å². The van der Waals surface area contributed by atoms with E-state index >= 15 is 0 Å². The Hall–Kier alpha value is -2.15. The van der Waals surface area contributed by atoms with E-state index in [2.05, 4.69) is 10.4 Å². The van der Waals surface area contributed by atoms with Crippen LogP contribution in [0.1, 0.15) is 13.8 Å². The smallest absolute Gasteiger partial charge is 0.350 e. The van der Waals surface area contributed by atoms with Crippen LogP contribution in [0.2, 0.25) is 0 Å². The second kappa shape index (κ2) is 4.85. The molecule has 2 heterocycles. The molecule has 0 bridgehead atoms. The first kappa shape index (κ1) is 13.3. The van der Waals surface area contributed by atoms with Crippen LogP contribution in [0.25, 0.3) is 5.65 Å². The first-order chi connectivity index (χ1) is 8.93. The molecule has 7 nitrogen and oxygen atoms in total. The number of fused-ring (bicyclic) bond motifs is 1. The second-order valence-electron chi connectivity index (χ2n) is 4.96. The molecule has 0 atom stereocenters.